The van der Waals surface area contributed by atoms with Gasteiger partial charge in [0.1, 0.15) is 11.5 Å². The molecular formula is C47H60N16O6S. The van der Waals surface area contributed by atoms with Crippen LogP contribution < -0.4 is 32.0 Å². The lowest BCUT2D eigenvalue weighted by molar-refractivity contribution is 0.263. The van der Waals surface area contributed by atoms with E-state index in [1.807, 2.05) is 24.3 Å². The van der Waals surface area contributed by atoms with Crippen molar-refractivity contribution in [1.82, 2.24) is 58.9 Å². The highest BCUT2D eigenvalue weighted by atomic mass is 32.2. The summed E-state index contributed by atoms with van der Waals surface area (Å²) in [7, 11) is -3.57. The van der Waals surface area contributed by atoms with Gasteiger partial charge in [0.05, 0.1) is 25.7 Å². The van der Waals surface area contributed by atoms with Crippen molar-refractivity contribution in [2.75, 3.05) is 88.6 Å². The van der Waals surface area contributed by atoms with Crippen LogP contribution in [-0.4, -0.2) is 139 Å². The predicted octanol–water partition coefficient (Wildman–Crippen LogP) is 4.70. The quantitative estimate of drug-likeness (QED) is 0.0799. The molecule has 8 heterocycles. The highest BCUT2D eigenvalue weighted by Crippen LogP contribution is 2.20. The summed E-state index contributed by atoms with van der Waals surface area (Å²) in [5.74, 6) is 4.42. The maximum atomic E-state index is 11.4. The number of aromatic nitrogens is 10. The van der Waals surface area contributed by atoms with Gasteiger partial charge in [-0.2, -0.15) is 38.9 Å². The van der Waals surface area contributed by atoms with Crippen LogP contribution in [0.3, 0.4) is 0 Å². The van der Waals surface area contributed by atoms with Crippen LogP contribution in [0, 0.1) is 0 Å². The lowest BCUT2D eigenvalue weighted by Crippen LogP contribution is -2.21. The summed E-state index contributed by atoms with van der Waals surface area (Å²) in [6.45, 7) is 10.2. The van der Waals surface area contributed by atoms with Crippen molar-refractivity contribution in [3.8, 4) is 34.7 Å². The first-order valence-corrected chi connectivity index (χ1v) is 25.4. The first kappa shape index (κ1) is 49.2. The number of rotatable bonds is 19. The van der Waals surface area contributed by atoms with Crippen molar-refractivity contribution >= 4 is 39.2 Å². The molecule has 0 spiro atoms. The van der Waals surface area contributed by atoms with Crippen molar-refractivity contribution in [3.63, 3.8) is 0 Å². The molecular weight excluding hydrogens is 917 g/mol. The Morgan fingerprint density at radius 3 is 1.59 bits per heavy atom. The Balaban J connectivity index is 0.000000152. The molecule has 0 atom stereocenters. The third-order valence-electron chi connectivity index (χ3n) is 11.4. The van der Waals surface area contributed by atoms with Crippen molar-refractivity contribution in [3.05, 3.63) is 96.4 Å². The summed E-state index contributed by atoms with van der Waals surface area (Å²) in [6.07, 6.45) is 13.4. The zero-order valence-corrected chi connectivity index (χ0v) is 40.1. The minimum absolute atomic E-state index is 0.0410. The number of nitrogens with one attached hydrogen (secondary N) is 1. The summed E-state index contributed by atoms with van der Waals surface area (Å²) in [5, 5.41) is 11.2. The van der Waals surface area contributed by atoms with E-state index in [1.54, 1.807) is 30.5 Å². The molecule has 0 amide bonds. The fourth-order valence-electron chi connectivity index (χ4n) is 7.82. The molecule has 2 aliphatic heterocycles. The van der Waals surface area contributed by atoms with Crippen LogP contribution in [0.5, 0.6) is 11.5 Å². The van der Waals surface area contributed by atoms with Gasteiger partial charge in [-0.1, -0.05) is 24.3 Å². The van der Waals surface area contributed by atoms with Gasteiger partial charge in [0, 0.05) is 25.9 Å². The van der Waals surface area contributed by atoms with Crippen LogP contribution in [-0.2, 0) is 22.7 Å². The molecule has 23 heteroatoms. The van der Waals surface area contributed by atoms with Gasteiger partial charge in [-0.3, -0.25) is 0 Å². The number of sulfone groups is 1. The molecule has 370 valence electrons. The van der Waals surface area contributed by atoms with Crippen LogP contribution in [0.2, 0.25) is 0 Å². The molecule has 0 bridgehead atoms. The number of benzene rings is 2. The standard InChI is InChI=1S/C23H28N8O2.C15H24N2O.C9H8N6O3S/c24-21-27-22(28-23-26-20(29-31(21)23)19-5-3-15-33-19)25-11-10-17-6-8-18(9-7-17)32-16-4-14-30-12-1-2-13-30;16-9-8-14-4-6-15(7-5-14)18-13-3-12-17-10-1-2-11-17;1-19(16,17)9-12-7(10)15-8(13-9)11-6(14-15)5-3-2-4-18-5/h3,5-9,15H,1-2,4,10-14,16H2,(H3,24,25,26,27,28,29);4-7H,1-3,8-13,16H2;2-4H,1H3,(H2,10,11,12,13,14). The van der Waals surface area contributed by atoms with E-state index >= 15 is 0 Å². The summed E-state index contributed by atoms with van der Waals surface area (Å²) in [6, 6.07) is 23.4. The monoisotopic (exact) mass is 976 g/mol. The van der Waals surface area contributed by atoms with Gasteiger partial charge in [0.15, 0.2) is 11.5 Å². The van der Waals surface area contributed by atoms with Crippen molar-refractivity contribution < 1.29 is 26.7 Å². The number of ether oxygens (including phenoxy) is 2. The average Bonchev–Trinajstić information content (AvgIpc) is 4.22. The number of nitrogens with zero attached hydrogens (tertiary/aromatic N) is 12. The molecule has 0 unspecified atom stereocenters. The molecule has 2 aromatic carbocycles. The second-order valence-corrected chi connectivity index (χ2v) is 18.7. The number of nitrogens with two attached hydrogens (primary N) is 3. The van der Waals surface area contributed by atoms with Crippen molar-refractivity contribution in [1.29, 1.82) is 0 Å². The smallest absolute Gasteiger partial charge is 0.259 e. The molecule has 0 aliphatic carbocycles. The zero-order chi connectivity index (χ0) is 48.7. The Hall–Kier alpha value is -7.21. The first-order chi connectivity index (χ1) is 34.1. The minimum atomic E-state index is -3.57. The van der Waals surface area contributed by atoms with E-state index in [9.17, 15) is 8.42 Å². The van der Waals surface area contributed by atoms with Gasteiger partial charge in [-0.15, -0.1) is 10.2 Å². The molecule has 22 nitrogen and oxygen atoms in total. The highest BCUT2D eigenvalue weighted by molar-refractivity contribution is 7.90. The fraction of sp³-hybridized carbons (Fsp3) is 0.404. The lowest BCUT2D eigenvalue weighted by atomic mass is 10.1. The van der Waals surface area contributed by atoms with Gasteiger partial charge >= 0.3 is 0 Å². The molecule has 70 heavy (non-hydrogen) atoms. The van der Waals surface area contributed by atoms with Gasteiger partial charge in [0.2, 0.25) is 39.3 Å². The third kappa shape index (κ3) is 13.7. The largest absolute Gasteiger partial charge is 0.494 e. The number of hydrogen-bond acceptors (Lipinski definition) is 20. The SMILES string of the molecule is CS(=O)(=O)c1nc(N)n2nc(-c3ccco3)nc2n1.NCCc1ccc(OCCCN2CCCC2)cc1.Nc1nc(NCCc2ccc(OCCCN3CCCC3)cc2)nc2nc(-c3ccco3)nn12. The number of likely N-dealkylation sites (tertiary alicyclic amines) is 2. The van der Waals surface area contributed by atoms with Crippen LogP contribution in [0.1, 0.15) is 49.7 Å². The summed E-state index contributed by atoms with van der Waals surface area (Å²) in [4.78, 5) is 29.6. The molecule has 0 radical (unpaired) electrons. The van der Waals surface area contributed by atoms with Gasteiger partial charge < -0.3 is 50.6 Å². The minimum Gasteiger partial charge on any atom is -0.494 e. The summed E-state index contributed by atoms with van der Waals surface area (Å²) < 4.78 is 47.5. The van der Waals surface area contributed by atoms with Gasteiger partial charge in [0.25, 0.3) is 16.7 Å². The average molecular weight is 977 g/mol. The summed E-state index contributed by atoms with van der Waals surface area (Å²) in [5.41, 5.74) is 19.7. The molecule has 2 aliphatic rings. The predicted molar refractivity (Wildman–Crippen MR) is 264 cm³/mol. The second-order valence-electron chi connectivity index (χ2n) is 16.8. The van der Waals surface area contributed by atoms with Gasteiger partial charge in [-0.25, -0.2) is 8.42 Å². The fourth-order valence-corrected chi connectivity index (χ4v) is 8.32. The Kier molecular flexibility index (Phi) is 16.8. The van der Waals surface area contributed by atoms with Crippen LogP contribution in [0.25, 0.3) is 34.7 Å². The van der Waals surface area contributed by atoms with E-state index in [2.05, 4.69) is 79.5 Å². The Labute approximate surface area is 405 Å². The molecule has 2 saturated heterocycles. The van der Waals surface area contributed by atoms with E-state index < -0.39 is 15.0 Å². The number of furan rings is 2. The van der Waals surface area contributed by atoms with E-state index in [1.165, 1.54) is 80.3 Å². The maximum Gasteiger partial charge on any atom is 0.259 e. The Bertz CT molecular complexity index is 2950. The summed E-state index contributed by atoms with van der Waals surface area (Å²) >= 11 is 0. The normalized spacial score (nSPS) is 14.1. The molecule has 6 aromatic heterocycles. The van der Waals surface area contributed by atoms with Crippen molar-refractivity contribution in [2.24, 2.45) is 5.73 Å². The van der Waals surface area contributed by atoms with E-state index in [0.717, 1.165) is 67.7 Å². The topological polar surface area (TPSA) is 287 Å². The third-order valence-corrected chi connectivity index (χ3v) is 12.3. The second kappa shape index (κ2) is 23.9. The van der Waals surface area contributed by atoms with Crippen LogP contribution in [0.15, 0.2) is 99.3 Å². The van der Waals surface area contributed by atoms with Crippen LogP contribution >= 0.6 is 0 Å². The molecule has 10 rings (SSSR count). The van der Waals surface area contributed by atoms with Crippen molar-refractivity contribution in [2.45, 2.75) is 56.5 Å². The number of anilines is 3. The Morgan fingerprint density at radius 2 is 1.11 bits per heavy atom. The maximum absolute atomic E-state index is 11.4. The first-order valence-electron chi connectivity index (χ1n) is 23.5. The Morgan fingerprint density at radius 1 is 0.629 bits per heavy atom. The van der Waals surface area contributed by atoms with Crippen LogP contribution in [0.4, 0.5) is 17.8 Å². The number of fused-ring (bicyclic) bond motifs is 2. The molecule has 0 saturated carbocycles. The van der Waals surface area contributed by atoms with E-state index in [0.29, 0.717) is 42.2 Å². The zero-order valence-electron chi connectivity index (χ0n) is 39.3. The van der Waals surface area contributed by atoms with E-state index in [-0.39, 0.29) is 23.5 Å². The number of hydrogen-bond donors (Lipinski definition) is 4. The molecule has 2 fully saturated rings. The van der Waals surface area contributed by atoms with Gasteiger partial charge in [-0.05, 0) is 144 Å². The highest BCUT2D eigenvalue weighted by Gasteiger charge is 2.19. The van der Waals surface area contributed by atoms with E-state index in [4.69, 9.17) is 35.5 Å². The lowest BCUT2D eigenvalue weighted by Gasteiger charge is -2.14. The molecule has 7 N–H and O–H groups in total. The molecule has 8 aromatic rings. The number of nitrogen functional groups attached to an aromatic ring is 2.